The zero-order valence-electron chi connectivity index (χ0n) is 22.0. The van der Waals surface area contributed by atoms with Gasteiger partial charge in [-0.1, -0.05) is 36.6 Å². The number of halogens is 1. The van der Waals surface area contributed by atoms with Crippen molar-refractivity contribution in [2.45, 2.75) is 84.0 Å². The molecule has 6 heteroatoms. The molecule has 36 heavy (non-hydrogen) atoms. The van der Waals surface area contributed by atoms with Crippen LogP contribution in [0.5, 0.6) is 5.75 Å². The number of hydrogen-bond acceptors (Lipinski definition) is 4. The molecule has 0 N–H and O–H groups in total. The van der Waals surface area contributed by atoms with Crippen LogP contribution in [0.25, 0.3) is 11.0 Å². The number of nitrogens with zero attached hydrogens (tertiary/aromatic N) is 4. The fraction of sp³-hybridized carbons (Fsp3) is 0.567. The summed E-state index contributed by atoms with van der Waals surface area (Å²) in [4.78, 5) is 10.5. The molecule has 0 bridgehead atoms. The predicted molar refractivity (Wildman–Crippen MR) is 149 cm³/mol. The average Bonchev–Trinajstić information content (AvgIpc) is 3.27. The summed E-state index contributed by atoms with van der Waals surface area (Å²) < 4.78 is 8.49. The maximum absolute atomic E-state index is 6.11. The molecule has 0 spiro atoms. The molecule has 0 aliphatic carbocycles. The van der Waals surface area contributed by atoms with E-state index in [0.29, 0.717) is 18.7 Å². The van der Waals surface area contributed by atoms with E-state index in [1.807, 2.05) is 24.3 Å². The number of para-hydroxylation sites is 1. The molecule has 3 heterocycles. The lowest BCUT2D eigenvalue weighted by Crippen LogP contribution is -2.53. The maximum Gasteiger partial charge on any atom is 0.148 e. The molecule has 5 rings (SSSR count). The SMILES string of the molecule is Cc1cccc2c1nc(COc1ccc(Cl)cc1)n2CCCN1CCCCC1C(C)N1CCCCC1. The van der Waals surface area contributed by atoms with Crippen molar-refractivity contribution < 1.29 is 4.74 Å². The van der Waals surface area contributed by atoms with Gasteiger partial charge in [0, 0.05) is 30.2 Å². The molecule has 3 aromatic rings. The van der Waals surface area contributed by atoms with Crippen LogP contribution in [0.1, 0.15) is 63.3 Å². The van der Waals surface area contributed by atoms with E-state index >= 15 is 0 Å². The molecule has 2 saturated heterocycles. The van der Waals surface area contributed by atoms with Crippen LogP contribution in [-0.2, 0) is 13.2 Å². The molecule has 2 fully saturated rings. The second-order valence-corrected chi connectivity index (χ2v) is 11.1. The Morgan fingerprint density at radius 3 is 2.56 bits per heavy atom. The summed E-state index contributed by atoms with van der Waals surface area (Å²) in [5.41, 5.74) is 3.51. The molecule has 2 aromatic carbocycles. The third-order valence-electron chi connectivity index (χ3n) is 8.26. The Hall–Kier alpha value is -2.08. The number of aromatic nitrogens is 2. The highest BCUT2D eigenvalue weighted by Gasteiger charge is 2.31. The minimum Gasteiger partial charge on any atom is -0.486 e. The van der Waals surface area contributed by atoms with Gasteiger partial charge in [0.15, 0.2) is 0 Å². The number of hydrogen-bond donors (Lipinski definition) is 0. The van der Waals surface area contributed by atoms with Crippen molar-refractivity contribution in [2.75, 3.05) is 26.2 Å². The summed E-state index contributed by atoms with van der Waals surface area (Å²) >= 11 is 6.04. The monoisotopic (exact) mass is 508 g/mol. The van der Waals surface area contributed by atoms with E-state index in [9.17, 15) is 0 Å². The van der Waals surface area contributed by atoms with E-state index in [2.05, 4.69) is 46.4 Å². The van der Waals surface area contributed by atoms with E-state index < -0.39 is 0 Å². The van der Waals surface area contributed by atoms with Gasteiger partial charge in [-0.3, -0.25) is 9.80 Å². The van der Waals surface area contributed by atoms with E-state index in [-0.39, 0.29) is 0 Å². The Balaban J connectivity index is 1.27. The van der Waals surface area contributed by atoms with Crippen molar-refractivity contribution in [1.82, 2.24) is 19.4 Å². The number of likely N-dealkylation sites (tertiary alicyclic amines) is 2. The first kappa shape index (κ1) is 25.6. The highest BCUT2D eigenvalue weighted by molar-refractivity contribution is 6.30. The van der Waals surface area contributed by atoms with Gasteiger partial charge in [-0.25, -0.2) is 4.98 Å². The second kappa shape index (κ2) is 12.0. The van der Waals surface area contributed by atoms with Gasteiger partial charge in [0.2, 0.25) is 0 Å². The van der Waals surface area contributed by atoms with Crippen LogP contribution in [0.4, 0.5) is 0 Å². The van der Waals surface area contributed by atoms with Crippen LogP contribution >= 0.6 is 11.6 Å². The first-order valence-electron chi connectivity index (χ1n) is 13.9. The smallest absolute Gasteiger partial charge is 0.148 e. The van der Waals surface area contributed by atoms with Crippen LogP contribution in [0.15, 0.2) is 42.5 Å². The van der Waals surface area contributed by atoms with Crippen molar-refractivity contribution in [3.63, 3.8) is 0 Å². The summed E-state index contributed by atoms with van der Waals surface area (Å²) in [6.07, 6.45) is 9.30. The van der Waals surface area contributed by atoms with Gasteiger partial charge in [-0.05, 0) is 101 Å². The van der Waals surface area contributed by atoms with Crippen molar-refractivity contribution in [2.24, 2.45) is 0 Å². The van der Waals surface area contributed by atoms with Crippen molar-refractivity contribution in [1.29, 1.82) is 0 Å². The van der Waals surface area contributed by atoms with Crippen LogP contribution in [0.3, 0.4) is 0 Å². The summed E-state index contributed by atoms with van der Waals surface area (Å²) in [6, 6.07) is 15.4. The standard InChI is InChI=1S/C30H41ClN4O/c1-23-10-8-12-28-30(23)32-29(22-36-26-15-13-25(31)14-16-26)35(28)21-9-20-34-19-7-4-11-27(34)24(2)33-17-5-3-6-18-33/h8,10,12-16,24,27H,3-7,9,11,17-22H2,1-2H3. The number of imidazole rings is 1. The minimum atomic E-state index is 0.452. The third-order valence-corrected chi connectivity index (χ3v) is 8.51. The number of rotatable bonds is 9. The van der Waals surface area contributed by atoms with Gasteiger partial charge in [0.05, 0.1) is 11.0 Å². The van der Waals surface area contributed by atoms with Crippen LogP contribution in [0, 0.1) is 6.92 Å². The third kappa shape index (κ3) is 5.90. The van der Waals surface area contributed by atoms with Gasteiger partial charge in [-0.2, -0.15) is 0 Å². The highest BCUT2D eigenvalue weighted by atomic mass is 35.5. The minimum absolute atomic E-state index is 0.452. The van der Waals surface area contributed by atoms with E-state index in [1.54, 1.807) is 0 Å². The molecule has 2 atom stereocenters. The normalized spacial score (nSPS) is 20.6. The Morgan fingerprint density at radius 2 is 1.75 bits per heavy atom. The summed E-state index contributed by atoms with van der Waals surface area (Å²) in [7, 11) is 0. The van der Waals surface area contributed by atoms with Crippen molar-refractivity contribution in [3.8, 4) is 5.75 Å². The molecule has 0 radical (unpaired) electrons. The summed E-state index contributed by atoms with van der Waals surface area (Å²) in [5.74, 6) is 1.81. The molecule has 0 saturated carbocycles. The Labute approximate surface area is 221 Å². The number of piperidine rings is 2. The number of benzene rings is 2. The number of ether oxygens (including phenoxy) is 1. The lowest BCUT2D eigenvalue weighted by molar-refractivity contribution is 0.0489. The average molecular weight is 509 g/mol. The molecule has 2 aliphatic rings. The predicted octanol–water partition coefficient (Wildman–Crippen LogP) is 6.70. The van der Waals surface area contributed by atoms with Gasteiger partial charge in [0.1, 0.15) is 18.2 Å². The topological polar surface area (TPSA) is 33.5 Å². The molecule has 2 unspecified atom stereocenters. The zero-order chi connectivity index (χ0) is 24.9. The molecule has 0 amide bonds. The Morgan fingerprint density at radius 1 is 0.972 bits per heavy atom. The van der Waals surface area contributed by atoms with E-state index in [1.165, 1.54) is 69.2 Å². The lowest BCUT2D eigenvalue weighted by Gasteiger charge is -2.44. The first-order chi connectivity index (χ1) is 17.6. The largest absolute Gasteiger partial charge is 0.486 e. The highest BCUT2D eigenvalue weighted by Crippen LogP contribution is 2.26. The maximum atomic E-state index is 6.11. The number of fused-ring (bicyclic) bond motifs is 1. The molecular formula is C30H41ClN4O. The molecule has 5 nitrogen and oxygen atoms in total. The zero-order valence-corrected chi connectivity index (χ0v) is 22.7. The van der Waals surface area contributed by atoms with E-state index in [0.717, 1.165) is 41.6 Å². The van der Waals surface area contributed by atoms with Gasteiger partial charge < -0.3 is 9.30 Å². The molecule has 1 aromatic heterocycles. The molecular weight excluding hydrogens is 468 g/mol. The quantitative estimate of drug-likeness (QED) is 0.322. The number of aryl methyl sites for hydroxylation is 2. The van der Waals surface area contributed by atoms with Gasteiger partial charge in [0.25, 0.3) is 0 Å². The van der Waals surface area contributed by atoms with Crippen LogP contribution in [0.2, 0.25) is 5.02 Å². The van der Waals surface area contributed by atoms with Gasteiger partial charge >= 0.3 is 0 Å². The van der Waals surface area contributed by atoms with Crippen LogP contribution < -0.4 is 4.74 Å². The Bertz CT molecular complexity index is 1120. The van der Waals surface area contributed by atoms with Gasteiger partial charge in [-0.15, -0.1) is 0 Å². The fourth-order valence-electron chi connectivity index (χ4n) is 6.22. The van der Waals surface area contributed by atoms with Crippen molar-refractivity contribution >= 4 is 22.6 Å². The first-order valence-corrected chi connectivity index (χ1v) is 14.3. The Kier molecular flexibility index (Phi) is 8.51. The van der Waals surface area contributed by atoms with Crippen LogP contribution in [-0.4, -0.2) is 57.6 Å². The summed E-state index contributed by atoms with van der Waals surface area (Å²) in [5, 5.41) is 0.718. The van der Waals surface area contributed by atoms with Crippen molar-refractivity contribution in [3.05, 3.63) is 58.9 Å². The molecule has 194 valence electrons. The van der Waals surface area contributed by atoms with E-state index in [4.69, 9.17) is 21.3 Å². The lowest BCUT2D eigenvalue weighted by atomic mass is 9.94. The fourth-order valence-corrected chi connectivity index (χ4v) is 6.34. The summed E-state index contributed by atoms with van der Waals surface area (Å²) in [6.45, 7) is 11.0. The second-order valence-electron chi connectivity index (χ2n) is 10.7. The molecule has 2 aliphatic heterocycles.